The zero-order valence-electron chi connectivity index (χ0n) is 9.84. The standard InChI is InChI=1S/C12H16F3NO/c1-11(2,7-8-16)9-5-3-4-6-10(9)17-12(13,14)15/h3-6H,7-8,16H2,1-2H3. The van der Waals surface area contributed by atoms with Crippen LogP contribution in [0, 0.1) is 0 Å². The van der Waals surface area contributed by atoms with E-state index in [1.807, 2.05) is 13.8 Å². The van der Waals surface area contributed by atoms with E-state index in [1.165, 1.54) is 12.1 Å². The number of hydrogen-bond acceptors (Lipinski definition) is 2. The van der Waals surface area contributed by atoms with E-state index >= 15 is 0 Å². The Morgan fingerprint density at radius 2 is 1.76 bits per heavy atom. The number of hydrogen-bond donors (Lipinski definition) is 1. The molecule has 0 heterocycles. The van der Waals surface area contributed by atoms with Crippen LogP contribution in [0.2, 0.25) is 0 Å². The first-order valence-electron chi connectivity index (χ1n) is 5.31. The van der Waals surface area contributed by atoms with E-state index < -0.39 is 11.8 Å². The first kappa shape index (κ1) is 13.8. The highest BCUT2D eigenvalue weighted by Gasteiger charge is 2.34. The largest absolute Gasteiger partial charge is 0.573 e. The summed E-state index contributed by atoms with van der Waals surface area (Å²) >= 11 is 0. The fraction of sp³-hybridized carbons (Fsp3) is 0.500. The summed E-state index contributed by atoms with van der Waals surface area (Å²) in [5, 5.41) is 0. The molecule has 0 aliphatic heterocycles. The number of nitrogens with two attached hydrogens (primary N) is 1. The van der Waals surface area contributed by atoms with Crippen LogP contribution in [0.25, 0.3) is 0 Å². The van der Waals surface area contributed by atoms with Crippen LogP contribution in [0.3, 0.4) is 0 Å². The van der Waals surface area contributed by atoms with Gasteiger partial charge in [0.15, 0.2) is 0 Å². The Balaban J connectivity index is 3.07. The van der Waals surface area contributed by atoms with Gasteiger partial charge in [0.2, 0.25) is 0 Å². The van der Waals surface area contributed by atoms with E-state index in [4.69, 9.17) is 5.73 Å². The van der Waals surface area contributed by atoms with Crippen molar-refractivity contribution in [2.24, 2.45) is 5.73 Å². The lowest BCUT2D eigenvalue weighted by Gasteiger charge is -2.27. The van der Waals surface area contributed by atoms with E-state index in [0.717, 1.165) is 0 Å². The summed E-state index contributed by atoms with van der Waals surface area (Å²) in [5.41, 5.74) is 5.53. The minimum absolute atomic E-state index is 0.154. The highest BCUT2D eigenvalue weighted by atomic mass is 19.4. The molecule has 2 nitrogen and oxygen atoms in total. The van der Waals surface area contributed by atoms with Crippen LogP contribution in [0.15, 0.2) is 24.3 Å². The van der Waals surface area contributed by atoms with Crippen LogP contribution in [-0.4, -0.2) is 12.9 Å². The molecular weight excluding hydrogens is 231 g/mol. The van der Waals surface area contributed by atoms with Crippen molar-refractivity contribution in [2.75, 3.05) is 6.54 Å². The topological polar surface area (TPSA) is 35.2 Å². The van der Waals surface area contributed by atoms with Crippen LogP contribution in [0.4, 0.5) is 13.2 Å². The summed E-state index contributed by atoms with van der Waals surface area (Å²) in [6.45, 7) is 4.10. The Bertz CT molecular complexity index is 374. The van der Waals surface area contributed by atoms with Crippen molar-refractivity contribution >= 4 is 0 Å². The summed E-state index contributed by atoms with van der Waals surface area (Å²) < 4.78 is 40.8. The summed E-state index contributed by atoms with van der Waals surface area (Å²) in [7, 11) is 0. The molecule has 96 valence electrons. The van der Waals surface area contributed by atoms with Crippen molar-refractivity contribution in [2.45, 2.75) is 32.0 Å². The Morgan fingerprint density at radius 3 is 2.29 bits per heavy atom. The van der Waals surface area contributed by atoms with Gasteiger partial charge in [0.1, 0.15) is 5.75 Å². The maximum Gasteiger partial charge on any atom is 0.573 e. The van der Waals surface area contributed by atoms with Crippen molar-refractivity contribution in [3.63, 3.8) is 0 Å². The maximum absolute atomic E-state index is 12.2. The fourth-order valence-electron chi connectivity index (χ4n) is 1.73. The number of halogens is 3. The van der Waals surface area contributed by atoms with Gasteiger partial charge in [-0.05, 0) is 24.4 Å². The van der Waals surface area contributed by atoms with E-state index in [1.54, 1.807) is 12.1 Å². The van der Waals surface area contributed by atoms with Crippen molar-refractivity contribution < 1.29 is 17.9 Å². The van der Waals surface area contributed by atoms with Crippen LogP contribution in [-0.2, 0) is 5.41 Å². The lowest BCUT2D eigenvalue weighted by atomic mass is 9.81. The molecule has 2 N–H and O–H groups in total. The number of rotatable bonds is 4. The molecule has 0 aliphatic rings. The highest BCUT2D eigenvalue weighted by molar-refractivity contribution is 5.38. The minimum atomic E-state index is -4.67. The zero-order chi connectivity index (χ0) is 13.1. The smallest absolute Gasteiger partial charge is 0.405 e. The normalized spacial score (nSPS) is 12.6. The minimum Gasteiger partial charge on any atom is -0.405 e. The molecule has 0 bridgehead atoms. The molecule has 1 aromatic carbocycles. The summed E-state index contributed by atoms with van der Waals surface area (Å²) in [4.78, 5) is 0. The second-order valence-electron chi connectivity index (χ2n) is 4.47. The van der Waals surface area contributed by atoms with E-state index in [-0.39, 0.29) is 5.75 Å². The molecule has 0 amide bonds. The molecule has 1 rings (SSSR count). The molecule has 17 heavy (non-hydrogen) atoms. The SMILES string of the molecule is CC(C)(CCN)c1ccccc1OC(F)(F)F. The maximum atomic E-state index is 12.2. The molecule has 0 fully saturated rings. The molecule has 0 aliphatic carbocycles. The first-order chi connectivity index (χ1) is 7.76. The third kappa shape index (κ3) is 3.93. The Kier molecular flexibility index (Phi) is 4.03. The van der Waals surface area contributed by atoms with Gasteiger partial charge in [-0.15, -0.1) is 13.2 Å². The van der Waals surface area contributed by atoms with Gasteiger partial charge >= 0.3 is 6.36 Å². The lowest BCUT2D eigenvalue weighted by Crippen LogP contribution is -2.25. The molecule has 0 radical (unpaired) electrons. The molecule has 5 heteroatoms. The average Bonchev–Trinajstić information content (AvgIpc) is 2.15. The molecule has 0 unspecified atom stereocenters. The van der Waals surface area contributed by atoms with Crippen molar-refractivity contribution in [1.29, 1.82) is 0 Å². The summed E-state index contributed by atoms with van der Waals surface area (Å²) in [5.74, 6) is -0.154. The number of alkyl halides is 3. The Labute approximate surface area is 98.6 Å². The van der Waals surface area contributed by atoms with Crippen molar-refractivity contribution in [3.8, 4) is 5.75 Å². The van der Waals surface area contributed by atoms with Gasteiger partial charge in [0.05, 0.1) is 0 Å². The Morgan fingerprint density at radius 1 is 1.18 bits per heavy atom. The van der Waals surface area contributed by atoms with Crippen LogP contribution in [0.5, 0.6) is 5.75 Å². The summed E-state index contributed by atoms with van der Waals surface area (Å²) in [6.07, 6.45) is -4.08. The first-order valence-corrected chi connectivity index (χ1v) is 5.31. The lowest BCUT2D eigenvalue weighted by molar-refractivity contribution is -0.275. The van der Waals surface area contributed by atoms with Crippen molar-refractivity contribution in [1.82, 2.24) is 0 Å². The predicted molar refractivity (Wildman–Crippen MR) is 59.8 cm³/mol. The monoisotopic (exact) mass is 247 g/mol. The van der Waals surface area contributed by atoms with Crippen LogP contribution >= 0.6 is 0 Å². The van der Waals surface area contributed by atoms with Crippen LogP contribution < -0.4 is 10.5 Å². The van der Waals surface area contributed by atoms with E-state index in [2.05, 4.69) is 4.74 Å². The average molecular weight is 247 g/mol. The van der Waals surface area contributed by atoms with E-state index in [9.17, 15) is 13.2 Å². The Hall–Kier alpha value is -1.23. The zero-order valence-corrected chi connectivity index (χ0v) is 9.84. The van der Waals surface area contributed by atoms with Gasteiger partial charge in [-0.3, -0.25) is 0 Å². The van der Waals surface area contributed by atoms with Crippen molar-refractivity contribution in [3.05, 3.63) is 29.8 Å². The van der Waals surface area contributed by atoms with Gasteiger partial charge in [0, 0.05) is 5.56 Å². The molecule has 0 atom stereocenters. The number of ether oxygens (including phenoxy) is 1. The van der Waals surface area contributed by atoms with Gasteiger partial charge < -0.3 is 10.5 Å². The third-order valence-corrected chi connectivity index (χ3v) is 2.61. The molecule has 0 spiro atoms. The van der Waals surface area contributed by atoms with E-state index in [0.29, 0.717) is 18.5 Å². The van der Waals surface area contributed by atoms with Crippen LogP contribution in [0.1, 0.15) is 25.8 Å². The molecule has 0 saturated heterocycles. The highest BCUT2D eigenvalue weighted by Crippen LogP contribution is 2.36. The molecule has 0 aromatic heterocycles. The second kappa shape index (κ2) is 4.96. The molecular formula is C12H16F3NO. The molecule has 0 saturated carbocycles. The van der Waals surface area contributed by atoms with Gasteiger partial charge in [0.25, 0.3) is 0 Å². The van der Waals surface area contributed by atoms with Gasteiger partial charge in [-0.2, -0.15) is 0 Å². The quantitative estimate of drug-likeness (QED) is 0.886. The van der Waals surface area contributed by atoms with Gasteiger partial charge in [-0.25, -0.2) is 0 Å². The van der Waals surface area contributed by atoms with Gasteiger partial charge in [-0.1, -0.05) is 32.0 Å². The summed E-state index contributed by atoms with van der Waals surface area (Å²) in [6, 6.07) is 6.16. The molecule has 1 aromatic rings. The fourth-order valence-corrected chi connectivity index (χ4v) is 1.73. The number of para-hydroxylation sites is 1. The number of benzene rings is 1. The predicted octanol–water partition coefficient (Wildman–Crippen LogP) is 3.21. The second-order valence-corrected chi connectivity index (χ2v) is 4.47. The third-order valence-electron chi connectivity index (χ3n) is 2.61.